The Bertz CT molecular complexity index is 482. The minimum absolute atomic E-state index is 0.00120. The van der Waals surface area contributed by atoms with Gasteiger partial charge in [0.15, 0.2) is 6.10 Å². The lowest BCUT2D eigenvalue weighted by molar-refractivity contribution is -0.148. The van der Waals surface area contributed by atoms with Crippen LogP contribution in [0.15, 0.2) is 30.3 Å². The molecule has 1 aliphatic carbocycles. The molecule has 1 atom stereocenters. The summed E-state index contributed by atoms with van der Waals surface area (Å²) in [5.41, 5.74) is 0.764. The van der Waals surface area contributed by atoms with Gasteiger partial charge >= 0.3 is 5.97 Å². The molecule has 0 radical (unpaired) electrons. The number of hydrogen-bond donors (Lipinski definition) is 2. The average molecular weight is 277 g/mol. The van der Waals surface area contributed by atoms with Gasteiger partial charge in [-0.15, -0.1) is 0 Å². The number of carbonyl (C=O) groups is 2. The Hall–Kier alpha value is -1.88. The highest BCUT2D eigenvalue weighted by molar-refractivity contribution is 5.86. The van der Waals surface area contributed by atoms with Crippen LogP contribution in [-0.2, 0) is 20.7 Å². The third-order valence-corrected chi connectivity index (χ3v) is 3.73. The maximum absolute atomic E-state index is 12.2. The van der Waals surface area contributed by atoms with Gasteiger partial charge in [0.25, 0.3) is 0 Å². The number of carboxylic acid groups (broad SMARTS) is 1. The quantitative estimate of drug-likeness (QED) is 0.786. The predicted molar refractivity (Wildman–Crippen MR) is 73.3 cm³/mol. The van der Waals surface area contributed by atoms with Gasteiger partial charge in [0.05, 0.1) is 12.0 Å². The summed E-state index contributed by atoms with van der Waals surface area (Å²) < 4.78 is 4.80. The summed E-state index contributed by atoms with van der Waals surface area (Å²) in [7, 11) is 1.32. The molecule has 0 saturated heterocycles. The van der Waals surface area contributed by atoms with Gasteiger partial charge in [-0.25, -0.2) is 4.79 Å². The monoisotopic (exact) mass is 277 g/mol. The minimum Gasteiger partial charge on any atom is -0.479 e. The Morgan fingerprint density at radius 3 is 2.50 bits per heavy atom. The highest BCUT2D eigenvalue weighted by atomic mass is 16.5. The van der Waals surface area contributed by atoms with E-state index in [0.717, 1.165) is 18.4 Å². The largest absolute Gasteiger partial charge is 0.479 e. The molecule has 1 aliphatic rings. The van der Waals surface area contributed by atoms with Crippen LogP contribution < -0.4 is 5.32 Å². The van der Waals surface area contributed by atoms with E-state index in [-0.39, 0.29) is 17.9 Å². The number of carbonyl (C=O) groups excluding carboxylic acids is 1. The number of benzene rings is 1. The summed E-state index contributed by atoms with van der Waals surface area (Å²) in [6.07, 6.45) is 1.40. The summed E-state index contributed by atoms with van der Waals surface area (Å²) >= 11 is 0. The van der Waals surface area contributed by atoms with Crippen LogP contribution in [0.2, 0.25) is 0 Å². The third kappa shape index (κ3) is 3.36. The summed E-state index contributed by atoms with van der Waals surface area (Å²) in [5, 5.41) is 11.6. The second-order valence-corrected chi connectivity index (χ2v) is 5.22. The smallest absolute Gasteiger partial charge is 0.334 e. The van der Waals surface area contributed by atoms with Crippen molar-refractivity contribution in [2.24, 2.45) is 5.41 Å². The van der Waals surface area contributed by atoms with Crippen molar-refractivity contribution in [1.29, 1.82) is 0 Å². The first kappa shape index (κ1) is 14.5. The summed E-state index contributed by atoms with van der Waals surface area (Å²) in [4.78, 5) is 23.0. The lowest BCUT2D eigenvalue weighted by atomic mass is 9.95. The first-order valence-electron chi connectivity index (χ1n) is 6.65. The Labute approximate surface area is 117 Å². The van der Waals surface area contributed by atoms with Gasteiger partial charge in [0, 0.05) is 7.11 Å². The summed E-state index contributed by atoms with van der Waals surface area (Å²) in [6, 6.07) is 9.85. The van der Waals surface area contributed by atoms with Gasteiger partial charge in [-0.2, -0.15) is 0 Å². The summed E-state index contributed by atoms with van der Waals surface area (Å²) in [6.45, 7) is 0.00120. The van der Waals surface area contributed by atoms with E-state index in [0.29, 0.717) is 6.42 Å². The molecule has 1 unspecified atom stereocenters. The van der Waals surface area contributed by atoms with E-state index in [9.17, 15) is 9.59 Å². The molecule has 0 aromatic heterocycles. The van der Waals surface area contributed by atoms with Crippen molar-refractivity contribution in [3.63, 3.8) is 0 Å². The van der Waals surface area contributed by atoms with Gasteiger partial charge in [-0.1, -0.05) is 30.3 Å². The average Bonchev–Trinajstić information content (AvgIpc) is 3.21. The van der Waals surface area contributed by atoms with Crippen molar-refractivity contribution in [2.75, 3.05) is 13.7 Å². The molecule has 1 aromatic rings. The second-order valence-electron chi connectivity index (χ2n) is 5.22. The van der Waals surface area contributed by atoms with E-state index in [1.165, 1.54) is 7.11 Å². The molecule has 108 valence electrons. The van der Waals surface area contributed by atoms with E-state index >= 15 is 0 Å². The van der Waals surface area contributed by atoms with E-state index in [1.807, 2.05) is 30.3 Å². The normalized spacial score (nSPS) is 17.2. The third-order valence-electron chi connectivity index (χ3n) is 3.73. The van der Waals surface area contributed by atoms with Gasteiger partial charge in [0.2, 0.25) is 5.91 Å². The highest BCUT2D eigenvalue weighted by Crippen LogP contribution is 2.48. The van der Waals surface area contributed by atoms with Crippen molar-refractivity contribution >= 4 is 11.9 Å². The summed E-state index contributed by atoms with van der Waals surface area (Å²) in [5.74, 6) is -1.15. The van der Waals surface area contributed by atoms with Gasteiger partial charge in [0.1, 0.15) is 0 Å². The molecule has 0 bridgehead atoms. The number of amides is 1. The molecule has 2 rings (SSSR count). The molecule has 1 aromatic carbocycles. The van der Waals surface area contributed by atoms with Gasteiger partial charge < -0.3 is 15.2 Å². The Morgan fingerprint density at radius 2 is 2.00 bits per heavy atom. The fourth-order valence-electron chi connectivity index (χ4n) is 2.27. The molecule has 2 N–H and O–H groups in total. The second kappa shape index (κ2) is 6.05. The zero-order chi connectivity index (χ0) is 14.6. The number of carboxylic acids is 1. The molecule has 20 heavy (non-hydrogen) atoms. The molecule has 1 fully saturated rings. The molecule has 0 heterocycles. The molecule has 1 amide bonds. The van der Waals surface area contributed by atoms with Crippen molar-refractivity contribution in [3.05, 3.63) is 35.9 Å². The van der Waals surface area contributed by atoms with E-state index in [1.54, 1.807) is 0 Å². The number of ether oxygens (including phenoxy) is 1. The van der Waals surface area contributed by atoms with Crippen LogP contribution in [0.3, 0.4) is 0 Å². The van der Waals surface area contributed by atoms with E-state index < -0.39 is 12.1 Å². The molecule has 5 heteroatoms. The molecular weight excluding hydrogens is 258 g/mol. The number of aliphatic carboxylic acids is 1. The lowest BCUT2D eigenvalue weighted by Crippen LogP contribution is -2.41. The number of hydrogen-bond acceptors (Lipinski definition) is 3. The van der Waals surface area contributed by atoms with Crippen LogP contribution in [0.25, 0.3) is 0 Å². The number of nitrogens with one attached hydrogen (secondary N) is 1. The predicted octanol–water partition coefficient (Wildman–Crippen LogP) is 1.23. The maximum atomic E-state index is 12.2. The van der Waals surface area contributed by atoms with Crippen LogP contribution >= 0.6 is 0 Å². The minimum atomic E-state index is -1.07. The van der Waals surface area contributed by atoms with Crippen LogP contribution in [0.1, 0.15) is 18.4 Å². The molecule has 0 aliphatic heterocycles. The Kier molecular flexibility index (Phi) is 4.39. The van der Waals surface area contributed by atoms with Crippen LogP contribution in [0.5, 0.6) is 0 Å². The standard InChI is InChI=1S/C15H19NO4/c1-20-12(13(17)18)10-16-14(19)15(7-8-15)9-11-5-3-2-4-6-11/h2-6,12H,7-10H2,1H3,(H,16,19)(H,17,18). The number of methoxy groups -OCH3 is 1. The van der Waals surface area contributed by atoms with E-state index in [2.05, 4.69) is 5.32 Å². The molecule has 0 spiro atoms. The first-order chi connectivity index (χ1) is 9.57. The van der Waals surface area contributed by atoms with Gasteiger partial charge in [-0.3, -0.25) is 4.79 Å². The van der Waals surface area contributed by atoms with Crippen LogP contribution in [-0.4, -0.2) is 36.7 Å². The molecular formula is C15H19NO4. The van der Waals surface area contributed by atoms with Crippen molar-refractivity contribution in [3.8, 4) is 0 Å². The Balaban J connectivity index is 1.90. The molecule has 5 nitrogen and oxygen atoms in total. The number of rotatable bonds is 7. The topological polar surface area (TPSA) is 75.6 Å². The van der Waals surface area contributed by atoms with Crippen LogP contribution in [0, 0.1) is 5.41 Å². The Morgan fingerprint density at radius 1 is 1.35 bits per heavy atom. The SMILES string of the molecule is COC(CNC(=O)C1(Cc2ccccc2)CC1)C(=O)O. The van der Waals surface area contributed by atoms with Crippen molar-refractivity contribution in [2.45, 2.75) is 25.4 Å². The first-order valence-corrected chi connectivity index (χ1v) is 6.65. The van der Waals surface area contributed by atoms with Crippen molar-refractivity contribution < 1.29 is 19.4 Å². The fourth-order valence-corrected chi connectivity index (χ4v) is 2.27. The van der Waals surface area contributed by atoms with E-state index in [4.69, 9.17) is 9.84 Å². The maximum Gasteiger partial charge on any atom is 0.334 e. The van der Waals surface area contributed by atoms with Gasteiger partial charge in [-0.05, 0) is 24.8 Å². The lowest BCUT2D eigenvalue weighted by Gasteiger charge is -2.17. The zero-order valence-corrected chi connectivity index (χ0v) is 11.5. The van der Waals surface area contributed by atoms with Crippen LogP contribution in [0.4, 0.5) is 0 Å². The zero-order valence-electron chi connectivity index (χ0n) is 11.5. The molecule has 1 saturated carbocycles. The fraction of sp³-hybridized carbons (Fsp3) is 0.467. The highest BCUT2D eigenvalue weighted by Gasteiger charge is 2.49. The van der Waals surface area contributed by atoms with Crippen molar-refractivity contribution in [1.82, 2.24) is 5.32 Å².